The predicted molar refractivity (Wildman–Crippen MR) is 97.0 cm³/mol. The van der Waals surface area contributed by atoms with Crippen LogP contribution in [0.1, 0.15) is 32.4 Å². The lowest BCUT2D eigenvalue weighted by atomic mass is 10.1. The molecule has 26 heavy (non-hydrogen) atoms. The van der Waals surface area contributed by atoms with Gasteiger partial charge in [0, 0.05) is 32.7 Å². The zero-order chi connectivity index (χ0) is 19.1. The number of rotatable bonds is 4. The van der Waals surface area contributed by atoms with E-state index in [0.29, 0.717) is 18.8 Å². The number of hydrogen-bond acceptors (Lipinski definition) is 5. The van der Waals surface area contributed by atoms with Gasteiger partial charge in [0.2, 0.25) is 5.91 Å². The highest BCUT2D eigenvalue weighted by Gasteiger charge is 2.37. The van der Waals surface area contributed by atoms with Gasteiger partial charge in [-0.05, 0) is 33.6 Å². The lowest BCUT2D eigenvalue weighted by Crippen LogP contribution is -2.58. The molecule has 2 aliphatic rings. The number of morpholine rings is 1. The summed E-state index contributed by atoms with van der Waals surface area (Å²) in [7, 11) is -1.98. The van der Waals surface area contributed by atoms with E-state index in [4.69, 9.17) is 4.74 Å². The molecule has 2 saturated heterocycles. The molecule has 3 heterocycles. The Bertz CT molecular complexity index is 768. The van der Waals surface area contributed by atoms with Gasteiger partial charge in [-0.2, -0.15) is 22.5 Å². The quantitative estimate of drug-likeness (QED) is 0.797. The summed E-state index contributed by atoms with van der Waals surface area (Å²) >= 11 is 0. The maximum Gasteiger partial charge on any atom is 0.280 e. The second-order valence-corrected chi connectivity index (χ2v) is 8.85. The van der Waals surface area contributed by atoms with Crippen molar-refractivity contribution >= 4 is 21.9 Å². The van der Waals surface area contributed by atoms with E-state index < -0.39 is 16.3 Å². The second kappa shape index (κ2) is 7.26. The van der Waals surface area contributed by atoms with E-state index in [1.165, 1.54) is 4.31 Å². The minimum absolute atomic E-state index is 0.175. The Morgan fingerprint density at radius 3 is 2.50 bits per heavy atom. The molecule has 0 spiro atoms. The molecule has 1 aromatic rings. The molecular formula is C16H27N5O4S. The molecule has 2 fully saturated rings. The van der Waals surface area contributed by atoms with Crippen LogP contribution in [-0.4, -0.2) is 66.3 Å². The van der Waals surface area contributed by atoms with Crippen LogP contribution in [-0.2, 0) is 26.8 Å². The third-order valence-electron chi connectivity index (χ3n) is 4.71. The summed E-state index contributed by atoms with van der Waals surface area (Å²) in [5, 5.41) is 4.27. The fraction of sp³-hybridized carbons (Fsp3) is 0.750. The average Bonchev–Trinajstić information content (AvgIpc) is 2.87. The number of amides is 1. The summed E-state index contributed by atoms with van der Waals surface area (Å²) < 4.78 is 36.8. The van der Waals surface area contributed by atoms with Gasteiger partial charge < -0.3 is 4.74 Å². The van der Waals surface area contributed by atoms with E-state index >= 15 is 0 Å². The zero-order valence-corrected chi connectivity index (χ0v) is 16.5. The maximum absolute atomic E-state index is 12.9. The van der Waals surface area contributed by atoms with Crippen molar-refractivity contribution in [1.82, 2.24) is 18.8 Å². The summed E-state index contributed by atoms with van der Waals surface area (Å²) in [5.74, 6) is 0.446. The third kappa shape index (κ3) is 3.93. The van der Waals surface area contributed by atoms with Crippen LogP contribution in [0, 0.1) is 6.92 Å². The van der Waals surface area contributed by atoms with Gasteiger partial charge in [0.15, 0.2) is 0 Å². The van der Waals surface area contributed by atoms with Crippen LogP contribution in [0.3, 0.4) is 0 Å². The molecular weight excluding hydrogens is 358 g/mol. The number of ether oxygens (including phenoxy) is 1. The number of piperidine rings is 1. The van der Waals surface area contributed by atoms with Crippen LogP contribution in [0.15, 0.2) is 6.07 Å². The van der Waals surface area contributed by atoms with Gasteiger partial charge in [0.25, 0.3) is 10.2 Å². The number of nitrogens with zero attached hydrogens (tertiary/aromatic N) is 4. The summed E-state index contributed by atoms with van der Waals surface area (Å²) in [5.41, 5.74) is 0.814. The van der Waals surface area contributed by atoms with Crippen molar-refractivity contribution in [3.8, 4) is 0 Å². The van der Waals surface area contributed by atoms with E-state index in [-0.39, 0.29) is 31.2 Å². The molecule has 0 bridgehead atoms. The smallest absolute Gasteiger partial charge is 0.280 e. The Hall–Kier alpha value is -1.49. The number of carbonyl (C=O) groups is 1. The molecule has 9 nitrogen and oxygen atoms in total. The molecule has 1 aromatic heterocycles. The van der Waals surface area contributed by atoms with Crippen LogP contribution in [0.4, 0.5) is 5.82 Å². The normalized spacial score (nSPS) is 28.5. The van der Waals surface area contributed by atoms with E-state index in [1.54, 1.807) is 16.6 Å². The van der Waals surface area contributed by atoms with E-state index in [9.17, 15) is 13.2 Å². The highest BCUT2D eigenvalue weighted by atomic mass is 32.2. The largest absolute Gasteiger partial charge is 0.373 e. The van der Waals surface area contributed by atoms with Crippen molar-refractivity contribution in [3.63, 3.8) is 0 Å². The molecule has 1 N–H and O–H groups in total. The number of hydrogen-bond donors (Lipinski definition) is 1. The van der Waals surface area contributed by atoms with Crippen molar-refractivity contribution in [1.29, 1.82) is 0 Å². The van der Waals surface area contributed by atoms with Gasteiger partial charge in [-0.25, -0.2) is 0 Å². The van der Waals surface area contributed by atoms with Crippen LogP contribution < -0.4 is 9.62 Å². The van der Waals surface area contributed by atoms with Crippen molar-refractivity contribution in [2.24, 2.45) is 7.05 Å². The van der Waals surface area contributed by atoms with E-state index in [2.05, 4.69) is 9.82 Å². The number of aromatic nitrogens is 2. The highest BCUT2D eigenvalue weighted by molar-refractivity contribution is 7.87. The maximum atomic E-state index is 12.9. The topological polar surface area (TPSA) is 96.8 Å². The molecule has 3 rings (SSSR count). The monoisotopic (exact) mass is 385 g/mol. The zero-order valence-electron chi connectivity index (χ0n) is 15.7. The number of carbonyl (C=O) groups excluding carboxylic acids is 1. The Labute approximate surface area is 154 Å². The van der Waals surface area contributed by atoms with Crippen LogP contribution in [0.25, 0.3) is 0 Å². The number of anilines is 1. The van der Waals surface area contributed by atoms with Crippen molar-refractivity contribution < 1.29 is 17.9 Å². The average molecular weight is 385 g/mol. The minimum atomic E-state index is -3.76. The first-order valence-corrected chi connectivity index (χ1v) is 10.4. The Balaban J connectivity index is 1.74. The van der Waals surface area contributed by atoms with Gasteiger partial charge in [0.1, 0.15) is 11.9 Å². The Morgan fingerprint density at radius 1 is 1.27 bits per heavy atom. The van der Waals surface area contributed by atoms with Crippen molar-refractivity contribution in [2.45, 2.75) is 51.9 Å². The molecule has 0 saturated carbocycles. The molecule has 1 amide bonds. The second-order valence-electron chi connectivity index (χ2n) is 7.15. The predicted octanol–water partition coefficient (Wildman–Crippen LogP) is 0.168. The Kier molecular flexibility index (Phi) is 5.38. The van der Waals surface area contributed by atoms with Crippen molar-refractivity contribution in [3.05, 3.63) is 11.8 Å². The van der Waals surface area contributed by atoms with Gasteiger partial charge in [-0.1, -0.05) is 0 Å². The molecule has 0 aliphatic carbocycles. The summed E-state index contributed by atoms with van der Waals surface area (Å²) in [6.45, 7) is 6.67. The summed E-state index contributed by atoms with van der Waals surface area (Å²) in [6, 6.07) is 1.07. The molecule has 3 atom stereocenters. The van der Waals surface area contributed by atoms with E-state index in [0.717, 1.165) is 12.1 Å². The van der Waals surface area contributed by atoms with E-state index in [1.807, 2.05) is 26.8 Å². The minimum Gasteiger partial charge on any atom is -0.373 e. The summed E-state index contributed by atoms with van der Waals surface area (Å²) in [4.78, 5) is 14.5. The first-order valence-electron chi connectivity index (χ1n) is 8.92. The van der Waals surface area contributed by atoms with Gasteiger partial charge in [-0.3, -0.25) is 14.4 Å². The molecule has 0 radical (unpaired) electrons. The van der Waals surface area contributed by atoms with Gasteiger partial charge in [-0.15, -0.1) is 0 Å². The summed E-state index contributed by atoms with van der Waals surface area (Å²) in [6.07, 6.45) is 0.859. The molecule has 0 aromatic carbocycles. The van der Waals surface area contributed by atoms with Crippen molar-refractivity contribution in [2.75, 3.05) is 24.5 Å². The number of aryl methyl sites for hydroxylation is 2. The molecule has 0 unspecified atom stereocenters. The first kappa shape index (κ1) is 19.3. The molecule has 2 aliphatic heterocycles. The van der Waals surface area contributed by atoms with Crippen LogP contribution >= 0.6 is 0 Å². The third-order valence-corrected chi connectivity index (χ3v) is 6.27. The van der Waals surface area contributed by atoms with Crippen LogP contribution in [0.5, 0.6) is 0 Å². The fourth-order valence-corrected chi connectivity index (χ4v) is 5.18. The lowest BCUT2D eigenvalue weighted by molar-refractivity contribution is -0.121. The van der Waals surface area contributed by atoms with Gasteiger partial charge >= 0.3 is 0 Å². The number of nitrogens with one attached hydrogen (secondary N) is 1. The highest BCUT2D eigenvalue weighted by Crippen LogP contribution is 2.23. The first-order chi connectivity index (χ1) is 12.2. The van der Waals surface area contributed by atoms with Crippen LogP contribution in [0.2, 0.25) is 0 Å². The standard InChI is InChI=1S/C16H27N5O4S/c1-11-8-15(19(4)17-11)21-7-5-6-14(16(21)22)18-26(23,24)20-9-12(2)25-13(3)10-20/h8,12-14,18H,5-7,9-10H2,1-4H3/t12-,13-,14+/m1/s1. The lowest BCUT2D eigenvalue weighted by Gasteiger charge is -2.37. The molecule has 146 valence electrons. The molecule has 10 heteroatoms. The SMILES string of the molecule is Cc1cc(N2CCC[C@H](NS(=O)(=O)N3C[C@@H](C)O[C@H](C)C3)C2=O)n(C)n1. The fourth-order valence-electron chi connectivity index (χ4n) is 3.64. The Morgan fingerprint density at radius 2 is 1.92 bits per heavy atom. The van der Waals surface area contributed by atoms with Gasteiger partial charge in [0.05, 0.1) is 17.9 Å².